The van der Waals surface area contributed by atoms with Gasteiger partial charge in [-0.1, -0.05) is 29.5 Å². The van der Waals surface area contributed by atoms with Gasteiger partial charge in [0, 0.05) is 18.1 Å². The van der Waals surface area contributed by atoms with Gasteiger partial charge in [-0.3, -0.25) is 0 Å². The summed E-state index contributed by atoms with van der Waals surface area (Å²) in [6.45, 7) is 4.21. The maximum atomic E-state index is 4.44. The van der Waals surface area contributed by atoms with E-state index in [1.807, 2.05) is 7.05 Å². The van der Waals surface area contributed by atoms with Crippen molar-refractivity contribution in [2.45, 2.75) is 23.8 Å². The zero-order chi connectivity index (χ0) is 13.1. The molecule has 1 heterocycles. The highest BCUT2D eigenvalue weighted by molar-refractivity contribution is 9.10. The molecule has 18 heavy (non-hydrogen) atoms. The molecule has 0 aliphatic heterocycles. The third-order valence-electron chi connectivity index (χ3n) is 2.47. The Morgan fingerprint density at radius 1 is 1.28 bits per heavy atom. The number of nitrogens with zero attached hydrogens (tertiary/aromatic N) is 2. The average Bonchev–Trinajstić information content (AvgIpc) is 2.35. The number of anilines is 1. The van der Waals surface area contributed by atoms with Crippen LogP contribution in [0, 0.1) is 13.8 Å². The number of rotatable bonds is 3. The molecule has 2 aromatic rings. The highest BCUT2D eigenvalue weighted by Crippen LogP contribution is 2.34. The molecule has 94 valence electrons. The Morgan fingerprint density at radius 2 is 2.06 bits per heavy atom. The van der Waals surface area contributed by atoms with Crippen molar-refractivity contribution in [3.05, 3.63) is 40.0 Å². The van der Waals surface area contributed by atoms with E-state index in [1.54, 1.807) is 18.0 Å². The van der Waals surface area contributed by atoms with E-state index in [0.29, 0.717) is 5.95 Å². The molecule has 0 aliphatic rings. The second-order valence-corrected chi connectivity index (χ2v) is 5.85. The Kier molecular flexibility index (Phi) is 4.24. The molecular formula is C13H14BrN3S. The lowest BCUT2D eigenvalue weighted by Gasteiger charge is -2.08. The molecule has 3 nitrogen and oxygen atoms in total. The fourth-order valence-electron chi connectivity index (χ4n) is 1.56. The number of nitrogens with one attached hydrogen (secondary N) is 1. The number of aryl methyl sites for hydroxylation is 2. The largest absolute Gasteiger partial charge is 0.357 e. The zero-order valence-corrected chi connectivity index (χ0v) is 12.9. The summed E-state index contributed by atoms with van der Waals surface area (Å²) in [5.74, 6) is 0.630. The SMILES string of the molecule is CNc1ncc(Br)c(Sc2ccc(C)cc2C)n1. The molecule has 0 aliphatic carbocycles. The molecule has 1 aromatic heterocycles. The van der Waals surface area contributed by atoms with Gasteiger partial charge in [0.2, 0.25) is 5.95 Å². The average molecular weight is 324 g/mol. The van der Waals surface area contributed by atoms with E-state index in [1.165, 1.54) is 16.0 Å². The first kappa shape index (κ1) is 13.4. The first-order valence-corrected chi connectivity index (χ1v) is 7.16. The van der Waals surface area contributed by atoms with Gasteiger partial charge in [-0.25, -0.2) is 9.97 Å². The molecular weight excluding hydrogens is 310 g/mol. The molecule has 0 bridgehead atoms. The van der Waals surface area contributed by atoms with Gasteiger partial charge in [0.25, 0.3) is 0 Å². The van der Waals surface area contributed by atoms with Crippen LogP contribution >= 0.6 is 27.7 Å². The van der Waals surface area contributed by atoms with Crippen LogP contribution in [-0.4, -0.2) is 17.0 Å². The highest BCUT2D eigenvalue weighted by Gasteiger charge is 2.08. The minimum absolute atomic E-state index is 0.630. The lowest BCUT2D eigenvalue weighted by atomic mass is 10.2. The summed E-state index contributed by atoms with van der Waals surface area (Å²) in [4.78, 5) is 9.81. The third kappa shape index (κ3) is 3.03. The highest BCUT2D eigenvalue weighted by atomic mass is 79.9. The van der Waals surface area contributed by atoms with Crippen molar-refractivity contribution in [3.8, 4) is 0 Å². The molecule has 5 heteroatoms. The van der Waals surface area contributed by atoms with E-state index in [-0.39, 0.29) is 0 Å². The van der Waals surface area contributed by atoms with Gasteiger partial charge in [0.15, 0.2) is 0 Å². The van der Waals surface area contributed by atoms with Gasteiger partial charge in [-0.2, -0.15) is 0 Å². The van der Waals surface area contributed by atoms with Crippen LogP contribution in [0.1, 0.15) is 11.1 Å². The Balaban J connectivity index is 2.33. The predicted molar refractivity (Wildman–Crippen MR) is 79.3 cm³/mol. The quantitative estimate of drug-likeness (QED) is 0.865. The molecule has 0 unspecified atom stereocenters. The molecule has 0 radical (unpaired) electrons. The Hall–Kier alpha value is -1.07. The van der Waals surface area contributed by atoms with Gasteiger partial charge < -0.3 is 5.32 Å². The molecule has 0 saturated heterocycles. The van der Waals surface area contributed by atoms with Gasteiger partial charge in [-0.05, 0) is 41.4 Å². The minimum atomic E-state index is 0.630. The van der Waals surface area contributed by atoms with E-state index in [4.69, 9.17) is 0 Å². The third-order valence-corrected chi connectivity index (χ3v) is 4.50. The molecule has 1 aromatic carbocycles. The van der Waals surface area contributed by atoms with Crippen molar-refractivity contribution in [1.29, 1.82) is 0 Å². The molecule has 1 N–H and O–H groups in total. The zero-order valence-electron chi connectivity index (χ0n) is 10.5. The summed E-state index contributed by atoms with van der Waals surface area (Å²) < 4.78 is 0.909. The fraction of sp³-hybridized carbons (Fsp3) is 0.231. The maximum Gasteiger partial charge on any atom is 0.223 e. The Labute approximate surface area is 120 Å². The van der Waals surface area contributed by atoms with Gasteiger partial charge in [0.05, 0.1) is 4.47 Å². The van der Waals surface area contributed by atoms with Crippen LogP contribution in [0.5, 0.6) is 0 Å². The molecule has 0 amide bonds. The van der Waals surface area contributed by atoms with E-state index in [9.17, 15) is 0 Å². The Morgan fingerprint density at radius 3 is 2.72 bits per heavy atom. The van der Waals surface area contributed by atoms with Crippen molar-refractivity contribution in [3.63, 3.8) is 0 Å². The molecule has 2 rings (SSSR count). The second-order valence-electron chi connectivity index (χ2n) is 3.97. The standard InChI is InChI=1S/C13H14BrN3S/c1-8-4-5-11(9(2)6-8)18-12-10(14)7-16-13(15-3)17-12/h4-7H,1-3H3,(H,15,16,17). The normalized spacial score (nSPS) is 10.4. The van der Waals surface area contributed by atoms with Crippen molar-refractivity contribution in [2.75, 3.05) is 12.4 Å². The molecule has 0 atom stereocenters. The smallest absolute Gasteiger partial charge is 0.223 e. The van der Waals surface area contributed by atoms with Crippen LogP contribution < -0.4 is 5.32 Å². The lowest BCUT2D eigenvalue weighted by molar-refractivity contribution is 1.02. The van der Waals surface area contributed by atoms with Crippen molar-refractivity contribution in [2.24, 2.45) is 0 Å². The van der Waals surface area contributed by atoms with E-state index < -0.39 is 0 Å². The number of hydrogen-bond donors (Lipinski definition) is 1. The molecule has 0 saturated carbocycles. The fourth-order valence-corrected chi connectivity index (χ4v) is 2.84. The Bertz CT molecular complexity index is 572. The number of benzene rings is 1. The summed E-state index contributed by atoms with van der Waals surface area (Å²) in [5, 5.41) is 3.87. The van der Waals surface area contributed by atoms with Crippen LogP contribution in [0.4, 0.5) is 5.95 Å². The lowest BCUT2D eigenvalue weighted by Crippen LogP contribution is -1.97. The minimum Gasteiger partial charge on any atom is -0.357 e. The van der Waals surface area contributed by atoms with Gasteiger partial charge in [-0.15, -0.1) is 0 Å². The second kappa shape index (κ2) is 5.71. The monoisotopic (exact) mass is 323 g/mol. The summed E-state index contributed by atoms with van der Waals surface area (Å²) in [5.41, 5.74) is 2.53. The van der Waals surface area contributed by atoms with Gasteiger partial charge >= 0.3 is 0 Å². The first-order chi connectivity index (χ1) is 8.60. The number of aromatic nitrogens is 2. The van der Waals surface area contributed by atoms with Crippen molar-refractivity contribution >= 4 is 33.6 Å². The summed E-state index contributed by atoms with van der Waals surface area (Å²) in [7, 11) is 1.81. The predicted octanol–water partition coefficient (Wildman–Crippen LogP) is 4.05. The first-order valence-electron chi connectivity index (χ1n) is 5.55. The summed E-state index contributed by atoms with van der Waals surface area (Å²) in [6, 6.07) is 6.42. The van der Waals surface area contributed by atoms with Gasteiger partial charge in [0.1, 0.15) is 5.03 Å². The van der Waals surface area contributed by atoms with Crippen LogP contribution in [0.3, 0.4) is 0 Å². The number of hydrogen-bond acceptors (Lipinski definition) is 4. The molecule has 0 fully saturated rings. The number of halogens is 1. The van der Waals surface area contributed by atoms with Crippen LogP contribution in [-0.2, 0) is 0 Å². The van der Waals surface area contributed by atoms with Crippen molar-refractivity contribution < 1.29 is 0 Å². The summed E-state index contributed by atoms with van der Waals surface area (Å²) >= 11 is 5.12. The van der Waals surface area contributed by atoms with Crippen LogP contribution in [0.15, 0.2) is 38.8 Å². The van der Waals surface area contributed by atoms with E-state index >= 15 is 0 Å². The topological polar surface area (TPSA) is 37.8 Å². The van der Waals surface area contributed by atoms with Crippen LogP contribution in [0.2, 0.25) is 0 Å². The van der Waals surface area contributed by atoms with E-state index in [0.717, 1.165) is 9.50 Å². The van der Waals surface area contributed by atoms with Crippen LogP contribution in [0.25, 0.3) is 0 Å². The van der Waals surface area contributed by atoms with Crippen molar-refractivity contribution in [1.82, 2.24) is 9.97 Å². The van der Waals surface area contributed by atoms with E-state index in [2.05, 4.69) is 63.3 Å². The molecule has 0 spiro atoms. The maximum absolute atomic E-state index is 4.44. The summed E-state index contributed by atoms with van der Waals surface area (Å²) in [6.07, 6.45) is 1.77.